The van der Waals surface area contributed by atoms with E-state index in [0.29, 0.717) is 0 Å². The summed E-state index contributed by atoms with van der Waals surface area (Å²) in [7, 11) is 0. The van der Waals surface area contributed by atoms with Crippen LogP contribution in [0.15, 0.2) is 36.0 Å². The van der Waals surface area contributed by atoms with Gasteiger partial charge in [-0.25, -0.2) is 0 Å². The molecule has 0 saturated heterocycles. The van der Waals surface area contributed by atoms with Gasteiger partial charge in [0.25, 0.3) is 0 Å². The summed E-state index contributed by atoms with van der Waals surface area (Å²) in [6.07, 6.45) is 17.1. The van der Waals surface area contributed by atoms with E-state index in [1.165, 1.54) is 44.9 Å². The van der Waals surface area contributed by atoms with Gasteiger partial charge in [0.1, 0.15) is 0 Å². The standard InChI is InChI=1S/C15H24/c1-3-4-5-6-9-14(2)10-7-8-11-15-12-13-15/h3,9,11H,1,4-8,10,12-13H2,2H3. The molecule has 0 heteroatoms. The summed E-state index contributed by atoms with van der Waals surface area (Å²) in [5, 5.41) is 0. The van der Waals surface area contributed by atoms with E-state index < -0.39 is 0 Å². The average Bonchev–Trinajstić information content (AvgIpc) is 3.03. The zero-order chi connectivity index (χ0) is 10.9. The van der Waals surface area contributed by atoms with Crippen LogP contribution in [0.1, 0.15) is 58.3 Å². The van der Waals surface area contributed by atoms with Gasteiger partial charge < -0.3 is 0 Å². The summed E-state index contributed by atoms with van der Waals surface area (Å²) in [5.41, 5.74) is 3.25. The summed E-state index contributed by atoms with van der Waals surface area (Å²) >= 11 is 0. The maximum atomic E-state index is 3.73. The Labute approximate surface area is 94.8 Å². The molecule has 0 unspecified atom stereocenters. The van der Waals surface area contributed by atoms with Crippen LogP contribution in [-0.4, -0.2) is 0 Å². The highest BCUT2D eigenvalue weighted by molar-refractivity contribution is 5.16. The van der Waals surface area contributed by atoms with Crippen LogP contribution >= 0.6 is 0 Å². The largest absolute Gasteiger partial charge is 0.103 e. The first-order valence-electron chi connectivity index (χ1n) is 6.27. The molecule has 0 atom stereocenters. The van der Waals surface area contributed by atoms with Gasteiger partial charge in [-0.3, -0.25) is 0 Å². The molecule has 1 fully saturated rings. The predicted molar refractivity (Wildman–Crippen MR) is 69.0 cm³/mol. The highest BCUT2D eigenvalue weighted by atomic mass is 14.1. The number of unbranched alkanes of at least 4 members (excludes halogenated alkanes) is 3. The van der Waals surface area contributed by atoms with Gasteiger partial charge in [0.15, 0.2) is 0 Å². The van der Waals surface area contributed by atoms with Gasteiger partial charge in [-0.05, 0) is 58.3 Å². The molecule has 0 aliphatic heterocycles. The van der Waals surface area contributed by atoms with Gasteiger partial charge in [0.05, 0.1) is 0 Å². The fourth-order valence-electron chi connectivity index (χ4n) is 1.68. The Kier molecular flexibility index (Phi) is 6.15. The van der Waals surface area contributed by atoms with Crippen molar-refractivity contribution >= 4 is 0 Å². The molecule has 0 aromatic carbocycles. The zero-order valence-electron chi connectivity index (χ0n) is 10.1. The molecular weight excluding hydrogens is 180 g/mol. The van der Waals surface area contributed by atoms with Gasteiger partial charge >= 0.3 is 0 Å². The van der Waals surface area contributed by atoms with E-state index in [9.17, 15) is 0 Å². The first-order chi connectivity index (χ1) is 7.33. The molecule has 0 heterocycles. The van der Waals surface area contributed by atoms with Crippen molar-refractivity contribution in [2.75, 3.05) is 0 Å². The quantitative estimate of drug-likeness (QED) is 0.377. The lowest BCUT2D eigenvalue weighted by molar-refractivity contribution is 0.809. The molecule has 1 aliphatic rings. The fourth-order valence-corrected chi connectivity index (χ4v) is 1.68. The van der Waals surface area contributed by atoms with Gasteiger partial charge in [-0.15, -0.1) is 6.58 Å². The van der Waals surface area contributed by atoms with Crippen LogP contribution in [-0.2, 0) is 0 Å². The Morgan fingerprint density at radius 2 is 2.00 bits per heavy atom. The van der Waals surface area contributed by atoms with E-state index >= 15 is 0 Å². The molecule has 15 heavy (non-hydrogen) atoms. The molecule has 0 nitrogen and oxygen atoms in total. The fraction of sp³-hybridized carbons (Fsp3) is 0.600. The second-order valence-corrected chi connectivity index (χ2v) is 4.52. The van der Waals surface area contributed by atoms with Gasteiger partial charge in [0, 0.05) is 0 Å². The average molecular weight is 204 g/mol. The van der Waals surface area contributed by atoms with Crippen LogP contribution in [0, 0.1) is 0 Å². The van der Waals surface area contributed by atoms with Crippen LogP contribution in [0.4, 0.5) is 0 Å². The normalized spacial score (nSPS) is 15.3. The Morgan fingerprint density at radius 1 is 1.20 bits per heavy atom. The molecule has 0 aromatic heterocycles. The highest BCUT2D eigenvalue weighted by Gasteiger charge is 2.08. The predicted octanol–water partition coefficient (Wildman–Crippen LogP) is 5.18. The van der Waals surface area contributed by atoms with Gasteiger partial charge in [0.2, 0.25) is 0 Å². The molecule has 0 radical (unpaired) electrons. The SMILES string of the molecule is C=CCCCC=C(C)CCCC=C1CC1. The van der Waals surface area contributed by atoms with E-state index in [2.05, 4.69) is 25.7 Å². The van der Waals surface area contributed by atoms with Crippen molar-refractivity contribution in [3.63, 3.8) is 0 Å². The van der Waals surface area contributed by atoms with E-state index in [0.717, 1.165) is 6.42 Å². The number of rotatable bonds is 8. The van der Waals surface area contributed by atoms with Gasteiger partial charge in [-0.2, -0.15) is 0 Å². The smallest absolute Gasteiger partial charge is 0.0283 e. The lowest BCUT2D eigenvalue weighted by Crippen LogP contribution is -1.79. The van der Waals surface area contributed by atoms with Crippen molar-refractivity contribution in [2.45, 2.75) is 58.3 Å². The lowest BCUT2D eigenvalue weighted by atomic mass is 10.1. The first kappa shape index (κ1) is 12.3. The van der Waals surface area contributed by atoms with Crippen LogP contribution in [0.2, 0.25) is 0 Å². The molecule has 0 aromatic rings. The molecule has 1 rings (SSSR count). The van der Waals surface area contributed by atoms with Crippen LogP contribution in [0.5, 0.6) is 0 Å². The number of allylic oxidation sites excluding steroid dienone is 5. The van der Waals surface area contributed by atoms with Crippen LogP contribution in [0.3, 0.4) is 0 Å². The molecule has 1 aliphatic carbocycles. The van der Waals surface area contributed by atoms with E-state index in [1.54, 1.807) is 11.1 Å². The van der Waals surface area contributed by atoms with Crippen LogP contribution < -0.4 is 0 Å². The molecule has 1 saturated carbocycles. The van der Waals surface area contributed by atoms with E-state index in [-0.39, 0.29) is 0 Å². The van der Waals surface area contributed by atoms with E-state index in [1.807, 2.05) is 6.08 Å². The first-order valence-corrected chi connectivity index (χ1v) is 6.27. The Bertz CT molecular complexity index is 237. The van der Waals surface area contributed by atoms with Crippen molar-refractivity contribution < 1.29 is 0 Å². The third kappa shape index (κ3) is 7.18. The molecular formula is C15H24. The minimum Gasteiger partial charge on any atom is -0.103 e. The summed E-state index contributed by atoms with van der Waals surface area (Å²) in [5.74, 6) is 0. The summed E-state index contributed by atoms with van der Waals surface area (Å²) in [6, 6.07) is 0. The maximum absolute atomic E-state index is 3.73. The van der Waals surface area contributed by atoms with Crippen molar-refractivity contribution in [3.8, 4) is 0 Å². The van der Waals surface area contributed by atoms with Crippen molar-refractivity contribution in [2.24, 2.45) is 0 Å². The second-order valence-electron chi connectivity index (χ2n) is 4.52. The van der Waals surface area contributed by atoms with Crippen LogP contribution in [0.25, 0.3) is 0 Å². The summed E-state index contributed by atoms with van der Waals surface area (Å²) in [4.78, 5) is 0. The maximum Gasteiger partial charge on any atom is -0.0283 e. The number of hydrogen-bond acceptors (Lipinski definition) is 0. The topological polar surface area (TPSA) is 0 Å². The molecule has 0 amide bonds. The highest BCUT2D eigenvalue weighted by Crippen LogP contribution is 2.28. The minimum atomic E-state index is 1.15. The van der Waals surface area contributed by atoms with Gasteiger partial charge in [-0.1, -0.05) is 29.4 Å². The Balaban J connectivity index is 1.98. The summed E-state index contributed by atoms with van der Waals surface area (Å²) in [6.45, 7) is 6.00. The Morgan fingerprint density at radius 3 is 2.67 bits per heavy atom. The van der Waals surface area contributed by atoms with Crippen molar-refractivity contribution in [3.05, 3.63) is 36.0 Å². The minimum absolute atomic E-state index is 1.15. The van der Waals surface area contributed by atoms with Crippen molar-refractivity contribution in [1.29, 1.82) is 0 Å². The third-order valence-corrected chi connectivity index (χ3v) is 2.85. The molecule has 0 spiro atoms. The lowest BCUT2D eigenvalue weighted by Gasteiger charge is -1.99. The number of hydrogen-bond donors (Lipinski definition) is 0. The van der Waals surface area contributed by atoms with E-state index in [4.69, 9.17) is 0 Å². The Hall–Kier alpha value is -0.780. The molecule has 0 bridgehead atoms. The molecule has 84 valence electrons. The third-order valence-electron chi connectivity index (χ3n) is 2.85. The van der Waals surface area contributed by atoms with Crippen molar-refractivity contribution in [1.82, 2.24) is 0 Å². The monoisotopic (exact) mass is 204 g/mol. The molecule has 0 N–H and O–H groups in total. The second kappa shape index (κ2) is 7.50. The summed E-state index contributed by atoms with van der Waals surface area (Å²) < 4.78 is 0. The zero-order valence-corrected chi connectivity index (χ0v) is 10.1.